The largest absolute Gasteiger partial charge is 0.306 e. The first-order valence-corrected chi connectivity index (χ1v) is 9.96. The first-order chi connectivity index (χ1) is 12.0. The summed E-state index contributed by atoms with van der Waals surface area (Å²) in [6.07, 6.45) is 5.77. The standard InChI is InChI=1S/C19H21N3O2S/c1-14-7-8-16(12-18(14)25(23,24)22-10-3-4-11-22)17-13-21-9-5-6-15(2)19(21)20-17/h5-9,12-13H,3-4,10-11H2,1-2H3. The molecule has 25 heavy (non-hydrogen) atoms. The second-order valence-electron chi connectivity index (χ2n) is 6.64. The van der Waals surface area contributed by atoms with Crippen molar-refractivity contribution >= 4 is 15.7 Å². The molecule has 4 rings (SSSR count). The summed E-state index contributed by atoms with van der Waals surface area (Å²) in [7, 11) is -3.44. The average molecular weight is 355 g/mol. The maximum atomic E-state index is 13.0. The van der Waals surface area contributed by atoms with Crippen molar-refractivity contribution in [3.05, 3.63) is 53.9 Å². The van der Waals surface area contributed by atoms with E-state index in [0.29, 0.717) is 18.0 Å². The van der Waals surface area contributed by atoms with Crippen molar-refractivity contribution in [2.75, 3.05) is 13.1 Å². The van der Waals surface area contributed by atoms with Gasteiger partial charge in [0.2, 0.25) is 10.0 Å². The molecule has 0 saturated carbocycles. The summed E-state index contributed by atoms with van der Waals surface area (Å²) in [6, 6.07) is 9.57. The minimum absolute atomic E-state index is 0.390. The molecule has 0 spiro atoms. The zero-order chi connectivity index (χ0) is 17.6. The molecule has 1 aromatic carbocycles. The van der Waals surface area contributed by atoms with E-state index in [1.165, 1.54) is 0 Å². The number of pyridine rings is 1. The smallest absolute Gasteiger partial charge is 0.243 e. The highest BCUT2D eigenvalue weighted by Crippen LogP contribution is 2.29. The van der Waals surface area contributed by atoms with Crippen LogP contribution < -0.4 is 0 Å². The van der Waals surface area contributed by atoms with Crippen LogP contribution in [0.5, 0.6) is 0 Å². The Hall–Kier alpha value is -2.18. The van der Waals surface area contributed by atoms with Crippen molar-refractivity contribution in [2.24, 2.45) is 0 Å². The normalized spacial score (nSPS) is 15.9. The Bertz CT molecular complexity index is 1050. The maximum absolute atomic E-state index is 13.0. The van der Waals surface area contributed by atoms with Crippen LogP contribution in [0.1, 0.15) is 24.0 Å². The number of hydrogen-bond donors (Lipinski definition) is 0. The molecule has 3 aromatic rings. The van der Waals surface area contributed by atoms with Gasteiger partial charge in [0.1, 0.15) is 5.65 Å². The van der Waals surface area contributed by atoms with Gasteiger partial charge in [-0.2, -0.15) is 4.31 Å². The van der Waals surface area contributed by atoms with Crippen LogP contribution in [-0.2, 0) is 10.0 Å². The fourth-order valence-corrected chi connectivity index (χ4v) is 5.17. The monoisotopic (exact) mass is 355 g/mol. The van der Waals surface area contributed by atoms with Crippen molar-refractivity contribution in [3.8, 4) is 11.3 Å². The first-order valence-electron chi connectivity index (χ1n) is 8.52. The molecule has 0 radical (unpaired) electrons. The molecule has 5 nitrogen and oxygen atoms in total. The molecule has 1 saturated heterocycles. The molecule has 2 aromatic heterocycles. The van der Waals surface area contributed by atoms with Crippen molar-refractivity contribution in [1.82, 2.24) is 13.7 Å². The van der Waals surface area contributed by atoms with E-state index in [0.717, 1.165) is 40.9 Å². The number of nitrogens with zero attached hydrogens (tertiary/aromatic N) is 3. The van der Waals surface area contributed by atoms with Gasteiger partial charge in [0, 0.05) is 31.0 Å². The van der Waals surface area contributed by atoms with Crippen LogP contribution in [0.15, 0.2) is 47.6 Å². The van der Waals surface area contributed by atoms with Gasteiger partial charge in [0.25, 0.3) is 0 Å². The predicted octanol–water partition coefficient (Wildman–Crippen LogP) is 3.40. The van der Waals surface area contributed by atoms with Crippen molar-refractivity contribution < 1.29 is 8.42 Å². The summed E-state index contributed by atoms with van der Waals surface area (Å²) in [5.74, 6) is 0. The molecule has 1 aliphatic heterocycles. The molecule has 0 atom stereocenters. The van der Waals surface area contributed by atoms with Crippen LogP contribution in [-0.4, -0.2) is 35.2 Å². The lowest BCUT2D eigenvalue weighted by atomic mass is 10.1. The molecule has 0 N–H and O–H groups in total. The first kappa shape index (κ1) is 16.3. The van der Waals surface area contributed by atoms with E-state index in [1.54, 1.807) is 10.4 Å². The van der Waals surface area contributed by atoms with Gasteiger partial charge in [-0.05, 0) is 49.9 Å². The van der Waals surface area contributed by atoms with E-state index in [4.69, 9.17) is 0 Å². The van der Waals surface area contributed by atoms with E-state index in [1.807, 2.05) is 54.9 Å². The van der Waals surface area contributed by atoms with E-state index < -0.39 is 10.0 Å². The summed E-state index contributed by atoms with van der Waals surface area (Å²) in [4.78, 5) is 5.08. The number of aromatic nitrogens is 2. The summed E-state index contributed by atoms with van der Waals surface area (Å²) in [6.45, 7) is 5.09. The Labute approximate surface area is 148 Å². The lowest BCUT2D eigenvalue weighted by Crippen LogP contribution is -2.28. The van der Waals surface area contributed by atoms with E-state index in [2.05, 4.69) is 4.98 Å². The van der Waals surface area contributed by atoms with Crippen LogP contribution in [0, 0.1) is 13.8 Å². The Morgan fingerprint density at radius 3 is 2.52 bits per heavy atom. The Kier molecular flexibility index (Phi) is 3.89. The van der Waals surface area contributed by atoms with E-state index in [-0.39, 0.29) is 0 Å². The van der Waals surface area contributed by atoms with E-state index >= 15 is 0 Å². The minimum atomic E-state index is -3.44. The lowest BCUT2D eigenvalue weighted by Gasteiger charge is -2.17. The fraction of sp³-hybridized carbons (Fsp3) is 0.316. The molecule has 3 heterocycles. The SMILES string of the molecule is Cc1ccc(-c2cn3cccc(C)c3n2)cc1S(=O)(=O)N1CCCC1. The zero-order valence-electron chi connectivity index (χ0n) is 14.4. The van der Waals surface area contributed by atoms with Gasteiger partial charge >= 0.3 is 0 Å². The number of rotatable bonds is 3. The molecule has 1 fully saturated rings. The van der Waals surface area contributed by atoms with Gasteiger partial charge in [-0.3, -0.25) is 0 Å². The maximum Gasteiger partial charge on any atom is 0.243 e. The number of aryl methyl sites for hydroxylation is 2. The lowest BCUT2D eigenvalue weighted by molar-refractivity contribution is 0.477. The number of benzene rings is 1. The number of sulfonamides is 1. The summed E-state index contributed by atoms with van der Waals surface area (Å²) in [5.41, 5.74) is 4.36. The molecular weight excluding hydrogens is 334 g/mol. The number of imidazole rings is 1. The summed E-state index contributed by atoms with van der Waals surface area (Å²) in [5, 5.41) is 0. The van der Waals surface area contributed by atoms with Gasteiger partial charge < -0.3 is 4.40 Å². The van der Waals surface area contributed by atoms with Crippen molar-refractivity contribution in [3.63, 3.8) is 0 Å². The summed E-state index contributed by atoms with van der Waals surface area (Å²) < 4.78 is 29.5. The molecule has 0 amide bonds. The van der Waals surface area contributed by atoms with Crippen molar-refractivity contribution in [2.45, 2.75) is 31.6 Å². The molecule has 0 bridgehead atoms. The van der Waals surface area contributed by atoms with Gasteiger partial charge in [0.15, 0.2) is 0 Å². The van der Waals surface area contributed by atoms with E-state index in [9.17, 15) is 8.42 Å². The average Bonchev–Trinajstić information content (AvgIpc) is 3.25. The highest BCUT2D eigenvalue weighted by Gasteiger charge is 2.28. The zero-order valence-corrected chi connectivity index (χ0v) is 15.3. The van der Waals surface area contributed by atoms with Crippen molar-refractivity contribution in [1.29, 1.82) is 0 Å². The predicted molar refractivity (Wildman–Crippen MR) is 98.1 cm³/mol. The highest BCUT2D eigenvalue weighted by atomic mass is 32.2. The van der Waals surface area contributed by atoms with Gasteiger partial charge in [-0.15, -0.1) is 0 Å². The minimum Gasteiger partial charge on any atom is -0.306 e. The van der Waals surface area contributed by atoms with Crippen LogP contribution >= 0.6 is 0 Å². The summed E-state index contributed by atoms with van der Waals surface area (Å²) >= 11 is 0. The Balaban J connectivity index is 1.82. The van der Waals surface area contributed by atoms with Crippen LogP contribution in [0.2, 0.25) is 0 Å². The Morgan fingerprint density at radius 2 is 1.80 bits per heavy atom. The molecule has 6 heteroatoms. The van der Waals surface area contributed by atoms with Gasteiger partial charge in [-0.25, -0.2) is 13.4 Å². The topological polar surface area (TPSA) is 54.7 Å². The van der Waals surface area contributed by atoms with Gasteiger partial charge in [0.05, 0.1) is 10.6 Å². The molecule has 0 unspecified atom stereocenters. The second kappa shape index (κ2) is 5.97. The van der Waals surface area contributed by atoms with Gasteiger partial charge in [-0.1, -0.05) is 18.2 Å². The molecular formula is C19H21N3O2S. The third-order valence-corrected chi connectivity index (χ3v) is 6.89. The second-order valence-corrected chi connectivity index (χ2v) is 8.55. The Morgan fingerprint density at radius 1 is 1.04 bits per heavy atom. The molecule has 130 valence electrons. The quantitative estimate of drug-likeness (QED) is 0.723. The number of hydrogen-bond acceptors (Lipinski definition) is 3. The van der Waals surface area contributed by atoms with Crippen LogP contribution in [0.3, 0.4) is 0 Å². The molecule has 0 aliphatic carbocycles. The highest BCUT2D eigenvalue weighted by molar-refractivity contribution is 7.89. The fourth-order valence-electron chi connectivity index (χ4n) is 3.40. The van der Waals surface area contributed by atoms with Crippen LogP contribution in [0.25, 0.3) is 16.9 Å². The third-order valence-electron chi connectivity index (χ3n) is 4.84. The third kappa shape index (κ3) is 2.75. The molecule has 1 aliphatic rings. The van der Waals surface area contributed by atoms with Crippen LogP contribution in [0.4, 0.5) is 0 Å². The number of fused-ring (bicyclic) bond motifs is 1.